The normalized spacial score (nSPS) is 10.7. The number of pyridine rings is 2. The molecule has 0 saturated carbocycles. The molecule has 0 unspecified atom stereocenters. The van der Waals surface area contributed by atoms with Crippen LogP contribution in [0.5, 0.6) is 0 Å². The minimum atomic E-state index is -0.748. The first-order valence-corrected chi connectivity index (χ1v) is 9.76. The molecule has 29 heavy (non-hydrogen) atoms. The molecule has 0 aliphatic heterocycles. The van der Waals surface area contributed by atoms with Crippen molar-refractivity contribution in [3.05, 3.63) is 72.8 Å². The first-order valence-electron chi connectivity index (χ1n) is 9.76. The number of rotatable bonds is 10. The third kappa shape index (κ3) is 6.10. The molecule has 6 heteroatoms. The van der Waals surface area contributed by atoms with Gasteiger partial charge in [-0.2, -0.15) is 0 Å². The number of nitrogens with zero attached hydrogens (tertiary/aromatic N) is 3. The fraction of sp³-hybridized carbons (Fsp3) is 0.261. The number of aromatic nitrogens is 2. The van der Waals surface area contributed by atoms with Crippen molar-refractivity contribution in [1.29, 1.82) is 0 Å². The molecule has 0 aliphatic rings. The Hall–Kier alpha value is -3.28. The maximum Gasteiger partial charge on any atom is 0.303 e. The van der Waals surface area contributed by atoms with Gasteiger partial charge in [0.25, 0.3) is 0 Å². The van der Waals surface area contributed by atoms with Crippen molar-refractivity contribution >= 4 is 17.6 Å². The Bertz CT molecular complexity index is 917. The van der Waals surface area contributed by atoms with Crippen LogP contribution in [-0.2, 0) is 4.79 Å². The van der Waals surface area contributed by atoms with E-state index < -0.39 is 5.97 Å². The highest BCUT2D eigenvalue weighted by Gasteiger charge is 2.13. The minimum absolute atomic E-state index is 0.214. The van der Waals surface area contributed by atoms with E-state index >= 15 is 0 Å². The summed E-state index contributed by atoms with van der Waals surface area (Å²) < 4.78 is 13.2. The standard InChI is InChI=1S/C23H24FN3O2/c24-20-11-9-18(10-12-20)19-13-15-26-22(17-19)27(21-7-4-5-14-25-21)16-6-2-1-3-8-23(28)29/h4-5,7,9-15,17H,1-3,6,8,16H2,(H,28,29). The van der Waals surface area contributed by atoms with Gasteiger partial charge in [0, 0.05) is 25.4 Å². The molecule has 1 aromatic carbocycles. The summed E-state index contributed by atoms with van der Waals surface area (Å²) in [6, 6.07) is 16.0. The molecule has 0 fully saturated rings. The fourth-order valence-electron chi connectivity index (χ4n) is 3.15. The molecule has 0 bridgehead atoms. The summed E-state index contributed by atoms with van der Waals surface area (Å²) in [5, 5.41) is 8.75. The van der Waals surface area contributed by atoms with Gasteiger partial charge in [-0.25, -0.2) is 14.4 Å². The van der Waals surface area contributed by atoms with E-state index in [9.17, 15) is 9.18 Å². The maximum absolute atomic E-state index is 13.2. The van der Waals surface area contributed by atoms with E-state index in [1.807, 2.05) is 30.3 Å². The highest BCUT2D eigenvalue weighted by atomic mass is 19.1. The molecular formula is C23H24FN3O2. The Balaban J connectivity index is 1.75. The molecule has 2 heterocycles. The zero-order valence-corrected chi connectivity index (χ0v) is 16.2. The van der Waals surface area contributed by atoms with Crippen molar-refractivity contribution in [2.75, 3.05) is 11.4 Å². The molecule has 1 N–H and O–H groups in total. The lowest BCUT2D eigenvalue weighted by Crippen LogP contribution is -2.20. The van der Waals surface area contributed by atoms with Gasteiger partial charge < -0.3 is 10.0 Å². The van der Waals surface area contributed by atoms with E-state index in [2.05, 4.69) is 14.9 Å². The predicted octanol–water partition coefficient (Wildman–Crippen LogP) is 5.46. The third-order valence-electron chi connectivity index (χ3n) is 4.65. The lowest BCUT2D eigenvalue weighted by atomic mass is 10.1. The van der Waals surface area contributed by atoms with E-state index in [1.54, 1.807) is 24.5 Å². The largest absolute Gasteiger partial charge is 0.481 e. The van der Waals surface area contributed by atoms with Crippen molar-refractivity contribution < 1.29 is 14.3 Å². The van der Waals surface area contributed by atoms with Crippen LogP contribution in [-0.4, -0.2) is 27.6 Å². The van der Waals surface area contributed by atoms with Crippen LogP contribution in [0.1, 0.15) is 32.1 Å². The van der Waals surface area contributed by atoms with Crippen molar-refractivity contribution in [2.45, 2.75) is 32.1 Å². The number of carbonyl (C=O) groups is 1. The van der Waals surface area contributed by atoms with Crippen LogP contribution in [0.2, 0.25) is 0 Å². The molecule has 0 atom stereocenters. The Kier molecular flexibility index (Phi) is 7.28. The van der Waals surface area contributed by atoms with Crippen molar-refractivity contribution in [3.8, 4) is 11.1 Å². The van der Waals surface area contributed by atoms with Gasteiger partial charge in [-0.05, 0) is 60.4 Å². The van der Waals surface area contributed by atoms with Gasteiger partial charge >= 0.3 is 5.97 Å². The van der Waals surface area contributed by atoms with Gasteiger partial charge in [-0.15, -0.1) is 0 Å². The van der Waals surface area contributed by atoms with Gasteiger partial charge in [0.2, 0.25) is 0 Å². The molecule has 3 rings (SSSR count). The first-order chi connectivity index (χ1) is 14.1. The summed E-state index contributed by atoms with van der Waals surface area (Å²) in [6.07, 6.45) is 7.12. The van der Waals surface area contributed by atoms with Crippen molar-refractivity contribution in [2.24, 2.45) is 0 Å². The van der Waals surface area contributed by atoms with Crippen LogP contribution in [0.15, 0.2) is 67.0 Å². The van der Waals surface area contributed by atoms with Crippen LogP contribution in [0.4, 0.5) is 16.0 Å². The number of anilines is 2. The highest BCUT2D eigenvalue weighted by molar-refractivity contribution is 5.69. The van der Waals surface area contributed by atoms with Crippen LogP contribution >= 0.6 is 0 Å². The Labute approximate surface area is 169 Å². The molecule has 0 amide bonds. The number of unbranched alkanes of at least 4 members (excludes halogenated alkanes) is 3. The molecular weight excluding hydrogens is 369 g/mol. The third-order valence-corrected chi connectivity index (χ3v) is 4.65. The lowest BCUT2D eigenvalue weighted by Gasteiger charge is -2.23. The molecule has 0 saturated heterocycles. The Morgan fingerprint density at radius 1 is 0.862 bits per heavy atom. The number of aliphatic carboxylic acids is 1. The van der Waals surface area contributed by atoms with Crippen LogP contribution in [0.25, 0.3) is 11.1 Å². The fourth-order valence-corrected chi connectivity index (χ4v) is 3.15. The number of carboxylic acid groups (broad SMARTS) is 1. The van der Waals surface area contributed by atoms with Crippen molar-refractivity contribution in [1.82, 2.24) is 9.97 Å². The van der Waals surface area contributed by atoms with E-state index in [1.165, 1.54) is 12.1 Å². The van der Waals surface area contributed by atoms with E-state index in [0.717, 1.165) is 48.6 Å². The number of benzene rings is 1. The minimum Gasteiger partial charge on any atom is -0.481 e. The summed E-state index contributed by atoms with van der Waals surface area (Å²) in [6.45, 7) is 0.726. The molecule has 5 nitrogen and oxygen atoms in total. The topological polar surface area (TPSA) is 66.3 Å². The SMILES string of the molecule is O=C(O)CCCCCCN(c1ccccn1)c1cc(-c2ccc(F)cc2)ccn1. The zero-order valence-electron chi connectivity index (χ0n) is 16.2. The average Bonchev–Trinajstić information content (AvgIpc) is 2.74. The quantitative estimate of drug-likeness (QED) is 0.464. The molecule has 2 aromatic heterocycles. The van der Waals surface area contributed by atoms with Crippen LogP contribution < -0.4 is 4.90 Å². The lowest BCUT2D eigenvalue weighted by molar-refractivity contribution is -0.137. The summed E-state index contributed by atoms with van der Waals surface area (Å²) in [7, 11) is 0. The second-order valence-electron chi connectivity index (χ2n) is 6.81. The smallest absolute Gasteiger partial charge is 0.303 e. The van der Waals surface area contributed by atoms with Crippen LogP contribution in [0.3, 0.4) is 0 Å². The van der Waals surface area contributed by atoms with E-state index in [0.29, 0.717) is 6.42 Å². The van der Waals surface area contributed by atoms with Gasteiger partial charge in [-0.3, -0.25) is 4.79 Å². The summed E-state index contributed by atoms with van der Waals surface area (Å²) >= 11 is 0. The van der Waals surface area contributed by atoms with Crippen molar-refractivity contribution in [3.63, 3.8) is 0 Å². The van der Waals surface area contributed by atoms with Gasteiger partial charge in [0.05, 0.1) is 0 Å². The monoisotopic (exact) mass is 393 g/mol. The molecule has 3 aromatic rings. The summed E-state index contributed by atoms with van der Waals surface area (Å²) in [4.78, 5) is 21.7. The van der Waals surface area contributed by atoms with Crippen LogP contribution in [0, 0.1) is 5.82 Å². The second-order valence-corrected chi connectivity index (χ2v) is 6.81. The molecule has 150 valence electrons. The van der Waals surface area contributed by atoms with Gasteiger partial charge in [0.15, 0.2) is 0 Å². The highest BCUT2D eigenvalue weighted by Crippen LogP contribution is 2.27. The number of hydrogen-bond donors (Lipinski definition) is 1. The zero-order chi connectivity index (χ0) is 20.5. The predicted molar refractivity (Wildman–Crippen MR) is 112 cm³/mol. The van der Waals surface area contributed by atoms with E-state index in [-0.39, 0.29) is 12.2 Å². The van der Waals surface area contributed by atoms with Gasteiger partial charge in [-0.1, -0.05) is 31.0 Å². The Morgan fingerprint density at radius 3 is 2.34 bits per heavy atom. The molecule has 0 aliphatic carbocycles. The van der Waals surface area contributed by atoms with E-state index in [4.69, 9.17) is 5.11 Å². The number of halogens is 1. The number of hydrogen-bond acceptors (Lipinski definition) is 4. The average molecular weight is 393 g/mol. The second kappa shape index (κ2) is 10.3. The molecule has 0 spiro atoms. The van der Waals surface area contributed by atoms with Gasteiger partial charge in [0.1, 0.15) is 17.5 Å². The Morgan fingerprint density at radius 2 is 1.62 bits per heavy atom. The summed E-state index contributed by atoms with van der Waals surface area (Å²) in [5.74, 6) is 0.570. The maximum atomic E-state index is 13.2. The summed E-state index contributed by atoms with van der Waals surface area (Å²) in [5.41, 5.74) is 1.88. The number of carboxylic acids is 1. The first kappa shape index (κ1) is 20.5. The molecule has 0 radical (unpaired) electrons.